The highest BCUT2D eigenvalue weighted by molar-refractivity contribution is 5.74. The first-order valence-electron chi connectivity index (χ1n) is 6.65. The zero-order chi connectivity index (χ0) is 15.5. The highest BCUT2D eigenvalue weighted by Gasteiger charge is 2.36. The van der Waals surface area contributed by atoms with Gasteiger partial charge in [0.15, 0.2) is 0 Å². The smallest absolute Gasteiger partial charge is 0.312 e. The molecule has 0 spiro atoms. The number of ether oxygens (including phenoxy) is 1. The number of aliphatic hydroxyl groups is 1. The zero-order valence-electron chi connectivity index (χ0n) is 12.0. The lowest BCUT2D eigenvalue weighted by molar-refractivity contribution is -0.153. The lowest BCUT2D eigenvalue weighted by Crippen LogP contribution is -2.31. The maximum atomic E-state index is 11.2. The molecule has 0 aliphatic rings. The van der Waals surface area contributed by atoms with E-state index in [9.17, 15) is 15.0 Å². The van der Waals surface area contributed by atoms with Gasteiger partial charge in [0.25, 0.3) is 0 Å². The molecule has 0 aromatic heterocycles. The fraction of sp³-hybridized carbons (Fsp3) is 0.235. The predicted octanol–water partition coefficient (Wildman–Crippen LogP) is 3.62. The Morgan fingerprint density at radius 2 is 1.67 bits per heavy atom. The van der Waals surface area contributed by atoms with E-state index in [4.69, 9.17) is 4.74 Å². The number of hydrogen-bond acceptors (Lipinski definition) is 3. The Morgan fingerprint density at radius 1 is 1.05 bits per heavy atom. The Hall–Kier alpha value is -2.33. The van der Waals surface area contributed by atoms with E-state index in [2.05, 4.69) is 0 Å². The number of carboxylic acid groups (broad SMARTS) is 1. The van der Waals surface area contributed by atoms with Gasteiger partial charge in [-0.25, -0.2) is 0 Å². The molecule has 0 fully saturated rings. The minimum atomic E-state index is -1.27. The molecular weight excluding hydrogens is 268 g/mol. The quantitative estimate of drug-likeness (QED) is 0.881. The van der Waals surface area contributed by atoms with Gasteiger partial charge < -0.3 is 14.9 Å². The summed E-state index contributed by atoms with van der Waals surface area (Å²) in [6, 6.07) is 16.1. The molecule has 2 aromatic carbocycles. The lowest BCUT2D eigenvalue weighted by Gasteiger charge is -2.26. The van der Waals surface area contributed by atoms with Crippen LogP contribution in [-0.2, 0) is 4.79 Å². The highest BCUT2D eigenvalue weighted by Crippen LogP contribution is 2.35. The van der Waals surface area contributed by atoms with Gasteiger partial charge in [0.1, 0.15) is 11.5 Å². The molecule has 0 amide bonds. The van der Waals surface area contributed by atoms with Gasteiger partial charge >= 0.3 is 5.97 Å². The summed E-state index contributed by atoms with van der Waals surface area (Å²) in [6.45, 7) is 2.98. The molecule has 110 valence electrons. The second-order valence-corrected chi connectivity index (χ2v) is 5.42. The third kappa shape index (κ3) is 3.41. The summed E-state index contributed by atoms with van der Waals surface area (Å²) in [7, 11) is 0. The third-order valence-corrected chi connectivity index (χ3v) is 3.39. The van der Waals surface area contributed by atoms with Crippen molar-refractivity contribution in [2.75, 3.05) is 0 Å². The van der Waals surface area contributed by atoms with Crippen LogP contribution in [0.3, 0.4) is 0 Å². The summed E-state index contributed by atoms with van der Waals surface area (Å²) in [6.07, 6.45) is -1.12. The molecule has 0 aliphatic carbocycles. The predicted molar refractivity (Wildman–Crippen MR) is 79.3 cm³/mol. The Morgan fingerprint density at radius 3 is 2.29 bits per heavy atom. The number of para-hydroxylation sites is 1. The van der Waals surface area contributed by atoms with Gasteiger partial charge in [-0.15, -0.1) is 0 Å². The molecule has 1 unspecified atom stereocenters. The van der Waals surface area contributed by atoms with E-state index < -0.39 is 17.5 Å². The largest absolute Gasteiger partial charge is 0.481 e. The van der Waals surface area contributed by atoms with E-state index in [-0.39, 0.29) is 0 Å². The molecule has 2 aromatic rings. The first-order chi connectivity index (χ1) is 9.91. The van der Waals surface area contributed by atoms with E-state index >= 15 is 0 Å². The van der Waals surface area contributed by atoms with Crippen molar-refractivity contribution >= 4 is 5.97 Å². The van der Waals surface area contributed by atoms with Crippen LogP contribution in [0.5, 0.6) is 11.5 Å². The monoisotopic (exact) mass is 286 g/mol. The molecule has 2 N–H and O–H groups in total. The number of aliphatic hydroxyl groups excluding tert-OH is 1. The second-order valence-electron chi connectivity index (χ2n) is 5.42. The number of carbonyl (C=O) groups is 1. The number of hydrogen-bond donors (Lipinski definition) is 2. The van der Waals surface area contributed by atoms with Crippen molar-refractivity contribution in [1.29, 1.82) is 0 Å². The summed E-state index contributed by atoms with van der Waals surface area (Å²) < 4.78 is 5.68. The van der Waals surface area contributed by atoms with E-state index in [1.54, 1.807) is 24.3 Å². The van der Waals surface area contributed by atoms with Crippen molar-refractivity contribution in [2.24, 2.45) is 5.41 Å². The number of carboxylic acids is 1. The molecule has 4 heteroatoms. The first-order valence-corrected chi connectivity index (χ1v) is 6.65. The Kier molecular flexibility index (Phi) is 4.29. The minimum Gasteiger partial charge on any atom is -0.481 e. The topological polar surface area (TPSA) is 66.8 Å². The molecule has 4 nitrogen and oxygen atoms in total. The van der Waals surface area contributed by atoms with Crippen LogP contribution in [0.1, 0.15) is 25.5 Å². The fourth-order valence-corrected chi connectivity index (χ4v) is 1.91. The minimum absolute atomic E-state index is 0.510. The van der Waals surface area contributed by atoms with E-state index in [0.717, 1.165) is 0 Å². The molecule has 0 heterocycles. The number of rotatable bonds is 5. The van der Waals surface area contributed by atoms with Crippen LogP contribution >= 0.6 is 0 Å². The summed E-state index contributed by atoms with van der Waals surface area (Å²) >= 11 is 0. The van der Waals surface area contributed by atoms with Gasteiger partial charge in [0.05, 0.1) is 11.5 Å². The summed E-state index contributed by atoms with van der Waals surface area (Å²) in [5, 5.41) is 19.5. The normalized spacial score (nSPS) is 12.7. The molecule has 1 atom stereocenters. The van der Waals surface area contributed by atoms with Gasteiger partial charge in [-0.3, -0.25) is 4.79 Å². The molecule has 2 rings (SSSR count). The molecule has 0 saturated carbocycles. The summed E-state index contributed by atoms with van der Waals surface area (Å²) in [4.78, 5) is 11.2. The number of aliphatic carboxylic acids is 1. The maximum Gasteiger partial charge on any atom is 0.312 e. The first kappa shape index (κ1) is 15.1. The lowest BCUT2D eigenvalue weighted by atomic mass is 9.83. The summed E-state index contributed by atoms with van der Waals surface area (Å²) in [5.74, 6) is 0.185. The SMILES string of the molecule is CC(C)(C(=O)O)C(O)c1cccc(Oc2ccccc2)c1. The van der Waals surface area contributed by atoms with E-state index in [0.29, 0.717) is 17.1 Å². The highest BCUT2D eigenvalue weighted by atomic mass is 16.5. The Labute approximate surface area is 123 Å². The van der Waals surface area contributed by atoms with Gasteiger partial charge in [-0.2, -0.15) is 0 Å². The fourth-order valence-electron chi connectivity index (χ4n) is 1.91. The van der Waals surface area contributed by atoms with Gasteiger partial charge in [-0.05, 0) is 43.7 Å². The van der Waals surface area contributed by atoms with Crippen LogP contribution in [0.2, 0.25) is 0 Å². The van der Waals surface area contributed by atoms with Crippen LogP contribution in [0, 0.1) is 5.41 Å². The van der Waals surface area contributed by atoms with Crippen molar-refractivity contribution < 1.29 is 19.7 Å². The van der Waals surface area contributed by atoms with Crippen molar-refractivity contribution in [3.8, 4) is 11.5 Å². The average Bonchev–Trinajstić information content (AvgIpc) is 2.47. The van der Waals surface area contributed by atoms with Crippen LogP contribution in [0.15, 0.2) is 54.6 Å². The summed E-state index contributed by atoms with van der Waals surface area (Å²) in [5.41, 5.74) is -0.762. The van der Waals surface area contributed by atoms with Crippen molar-refractivity contribution in [1.82, 2.24) is 0 Å². The van der Waals surface area contributed by atoms with Gasteiger partial charge in [0.2, 0.25) is 0 Å². The van der Waals surface area contributed by atoms with E-state index in [1.807, 2.05) is 30.3 Å². The van der Waals surface area contributed by atoms with Gasteiger partial charge in [0, 0.05) is 0 Å². The maximum absolute atomic E-state index is 11.2. The van der Waals surface area contributed by atoms with Crippen molar-refractivity contribution in [3.63, 3.8) is 0 Å². The molecule has 21 heavy (non-hydrogen) atoms. The van der Waals surface area contributed by atoms with Crippen molar-refractivity contribution in [3.05, 3.63) is 60.2 Å². The van der Waals surface area contributed by atoms with Crippen LogP contribution in [0.25, 0.3) is 0 Å². The molecule has 0 bridgehead atoms. The molecule has 0 saturated heterocycles. The molecule has 0 aliphatic heterocycles. The zero-order valence-corrected chi connectivity index (χ0v) is 12.0. The molecular formula is C17H18O4. The van der Waals surface area contributed by atoms with Crippen LogP contribution in [0.4, 0.5) is 0 Å². The van der Waals surface area contributed by atoms with Crippen molar-refractivity contribution in [2.45, 2.75) is 20.0 Å². The van der Waals surface area contributed by atoms with Gasteiger partial charge in [-0.1, -0.05) is 30.3 Å². The Balaban J connectivity index is 2.24. The average molecular weight is 286 g/mol. The van der Waals surface area contributed by atoms with Crippen LogP contribution < -0.4 is 4.74 Å². The van der Waals surface area contributed by atoms with Crippen LogP contribution in [-0.4, -0.2) is 16.2 Å². The Bertz CT molecular complexity index is 620. The standard InChI is InChI=1S/C17H18O4/c1-17(2,16(19)20)15(18)12-7-6-10-14(11-12)21-13-8-4-3-5-9-13/h3-11,15,18H,1-2H3,(H,19,20). The second kappa shape index (κ2) is 5.97. The third-order valence-electron chi connectivity index (χ3n) is 3.39. The number of benzene rings is 2. The molecule has 0 radical (unpaired) electrons. The van der Waals surface area contributed by atoms with E-state index in [1.165, 1.54) is 13.8 Å².